The summed E-state index contributed by atoms with van der Waals surface area (Å²) in [6.45, 7) is 10.1. The summed E-state index contributed by atoms with van der Waals surface area (Å²) in [6, 6.07) is 8.49. The van der Waals surface area contributed by atoms with E-state index in [-0.39, 0.29) is 5.60 Å². The Bertz CT molecular complexity index is 577. The van der Waals surface area contributed by atoms with Gasteiger partial charge in [-0.3, -0.25) is 4.99 Å². The van der Waals surface area contributed by atoms with Crippen LogP contribution in [0.3, 0.4) is 0 Å². The Balaban J connectivity index is 1.75. The molecular weight excluding hydrogens is 326 g/mol. The van der Waals surface area contributed by atoms with Gasteiger partial charge in [-0.05, 0) is 50.7 Å². The van der Waals surface area contributed by atoms with Gasteiger partial charge in [0.05, 0.1) is 18.8 Å². The highest BCUT2D eigenvalue weighted by Crippen LogP contribution is 2.28. The van der Waals surface area contributed by atoms with Gasteiger partial charge >= 0.3 is 0 Å². The van der Waals surface area contributed by atoms with E-state index in [1.807, 2.05) is 14.1 Å². The average Bonchev–Trinajstić information content (AvgIpc) is 3.41. The smallest absolute Gasteiger partial charge is 0.193 e. The van der Waals surface area contributed by atoms with E-state index in [1.54, 1.807) is 0 Å². The Hall–Kier alpha value is -1.59. The summed E-state index contributed by atoms with van der Waals surface area (Å²) >= 11 is 0. The second-order valence-corrected chi connectivity index (χ2v) is 8.06. The third kappa shape index (κ3) is 8.19. The molecule has 5 nitrogen and oxygen atoms in total. The fraction of sp³-hybridized carbons (Fsp3) is 0.667. The van der Waals surface area contributed by atoms with E-state index >= 15 is 0 Å². The highest BCUT2D eigenvalue weighted by atomic mass is 16.5. The van der Waals surface area contributed by atoms with Crippen molar-refractivity contribution >= 4 is 5.96 Å². The molecule has 2 rings (SSSR count). The molecule has 0 atom stereocenters. The predicted octanol–water partition coefficient (Wildman–Crippen LogP) is 3.44. The van der Waals surface area contributed by atoms with E-state index in [4.69, 9.17) is 9.47 Å². The van der Waals surface area contributed by atoms with Crippen LogP contribution in [0.2, 0.25) is 0 Å². The van der Waals surface area contributed by atoms with E-state index < -0.39 is 0 Å². The lowest BCUT2D eigenvalue weighted by atomic mass is 10.1. The molecule has 0 saturated heterocycles. The van der Waals surface area contributed by atoms with E-state index in [9.17, 15) is 0 Å². The van der Waals surface area contributed by atoms with E-state index in [2.05, 4.69) is 60.2 Å². The lowest BCUT2D eigenvalue weighted by molar-refractivity contribution is -0.0149. The van der Waals surface area contributed by atoms with Crippen molar-refractivity contribution < 1.29 is 9.47 Å². The molecule has 1 aromatic carbocycles. The van der Waals surface area contributed by atoms with E-state index in [1.165, 1.54) is 24.0 Å². The van der Waals surface area contributed by atoms with Crippen molar-refractivity contribution in [1.82, 2.24) is 10.2 Å². The number of hydrogen-bond donors (Lipinski definition) is 1. The molecule has 146 valence electrons. The van der Waals surface area contributed by atoms with Crippen molar-refractivity contribution in [2.45, 2.75) is 52.4 Å². The third-order valence-corrected chi connectivity index (χ3v) is 4.31. The molecule has 0 spiro atoms. The van der Waals surface area contributed by atoms with Crippen molar-refractivity contribution in [2.24, 2.45) is 10.9 Å². The molecular formula is C21H35N3O2. The number of aliphatic imine (C=N–C) groups is 1. The Morgan fingerprint density at radius 3 is 2.65 bits per heavy atom. The predicted molar refractivity (Wildman–Crippen MR) is 107 cm³/mol. The summed E-state index contributed by atoms with van der Waals surface area (Å²) in [7, 11) is 3.86. The van der Waals surface area contributed by atoms with Crippen LogP contribution in [-0.4, -0.2) is 50.3 Å². The number of rotatable bonds is 9. The lowest BCUT2D eigenvalue weighted by Gasteiger charge is -2.22. The van der Waals surface area contributed by atoms with Crippen molar-refractivity contribution in [3.8, 4) is 0 Å². The molecule has 1 fully saturated rings. The molecule has 0 bridgehead atoms. The first-order chi connectivity index (χ1) is 12.4. The summed E-state index contributed by atoms with van der Waals surface area (Å²) in [5.74, 6) is 1.70. The zero-order valence-electron chi connectivity index (χ0n) is 17.0. The van der Waals surface area contributed by atoms with Gasteiger partial charge in [-0.1, -0.05) is 24.3 Å². The first kappa shape index (κ1) is 20.7. The van der Waals surface area contributed by atoms with Crippen LogP contribution in [-0.2, 0) is 22.6 Å². The van der Waals surface area contributed by atoms with Gasteiger partial charge in [-0.25, -0.2) is 0 Å². The van der Waals surface area contributed by atoms with Crippen LogP contribution in [0.1, 0.15) is 44.7 Å². The Morgan fingerprint density at radius 1 is 1.27 bits per heavy atom. The molecule has 0 amide bonds. The third-order valence-electron chi connectivity index (χ3n) is 4.31. The number of guanidine groups is 1. The van der Waals surface area contributed by atoms with E-state index in [0.29, 0.717) is 6.61 Å². The SMILES string of the molecule is CN=C(NCc1cccc(COC(C)(C)C)c1)N(C)CCOCC1CC1. The second-order valence-electron chi connectivity index (χ2n) is 8.06. The first-order valence-corrected chi connectivity index (χ1v) is 9.58. The zero-order valence-corrected chi connectivity index (χ0v) is 17.0. The fourth-order valence-corrected chi connectivity index (χ4v) is 2.54. The number of benzene rings is 1. The van der Waals surface area contributed by atoms with Crippen molar-refractivity contribution in [3.63, 3.8) is 0 Å². The summed E-state index contributed by atoms with van der Waals surface area (Å²) in [5, 5.41) is 3.43. The average molecular weight is 362 g/mol. The van der Waals surface area contributed by atoms with Crippen molar-refractivity contribution in [3.05, 3.63) is 35.4 Å². The minimum Gasteiger partial charge on any atom is -0.379 e. The highest BCUT2D eigenvalue weighted by molar-refractivity contribution is 5.79. The van der Waals surface area contributed by atoms with Gasteiger partial charge in [-0.15, -0.1) is 0 Å². The molecule has 26 heavy (non-hydrogen) atoms. The Labute approximate surface area is 158 Å². The van der Waals surface area contributed by atoms with Gasteiger partial charge < -0.3 is 19.7 Å². The van der Waals surface area contributed by atoms with E-state index in [0.717, 1.165) is 38.2 Å². The molecule has 0 heterocycles. The van der Waals surface area contributed by atoms with Gasteiger partial charge in [0.2, 0.25) is 0 Å². The van der Waals surface area contributed by atoms with Crippen LogP contribution in [0.5, 0.6) is 0 Å². The normalized spacial score (nSPS) is 15.2. The van der Waals surface area contributed by atoms with Crippen LogP contribution in [0, 0.1) is 5.92 Å². The van der Waals surface area contributed by atoms with Crippen LogP contribution < -0.4 is 5.32 Å². The summed E-state index contributed by atoms with van der Waals surface area (Å²) in [4.78, 5) is 6.48. The summed E-state index contributed by atoms with van der Waals surface area (Å²) < 4.78 is 11.6. The topological polar surface area (TPSA) is 46.1 Å². The van der Waals surface area contributed by atoms with Crippen LogP contribution in [0.25, 0.3) is 0 Å². The number of ether oxygens (including phenoxy) is 2. The molecule has 1 aliphatic rings. The standard InChI is InChI=1S/C21H35N3O2/c1-21(2,3)26-16-19-8-6-7-18(13-19)14-23-20(22-4)24(5)11-12-25-15-17-9-10-17/h6-8,13,17H,9-12,14-16H2,1-5H3,(H,22,23). The molecule has 5 heteroatoms. The molecule has 0 unspecified atom stereocenters. The van der Waals surface area contributed by atoms with Crippen LogP contribution in [0.15, 0.2) is 29.3 Å². The molecule has 0 aromatic heterocycles. The molecule has 0 radical (unpaired) electrons. The minimum atomic E-state index is -0.124. The Morgan fingerprint density at radius 2 is 2.00 bits per heavy atom. The van der Waals surface area contributed by atoms with Crippen molar-refractivity contribution in [1.29, 1.82) is 0 Å². The molecule has 1 aromatic rings. The molecule has 1 N–H and O–H groups in total. The fourth-order valence-electron chi connectivity index (χ4n) is 2.54. The monoisotopic (exact) mass is 361 g/mol. The Kier molecular flexibility index (Phi) is 7.91. The number of nitrogens with one attached hydrogen (secondary N) is 1. The maximum absolute atomic E-state index is 5.87. The second kappa shape index (κ2) is 9.93. The van der Waals surface area contributed by atoms with Crippen molar-refractivity contribution in [2.75, 3.05) is 33.9 Å². The molecule has 1 aliphatic carbocycles. The first-order valence-electron chi connectivity index (χ1n) is 9.58. The quantitative estimate of drug-likeness (QED) is 0.416. The highest BCUT2D eigenvalue weighted by Gasteiger charge is 2.21. The zero-order chi connectivity index (χ0) is 19.0. The van der Waals surface area contributed by atoms with Gasteiger partial charge in [0.25, 0.3) is 0 Å². The van der Waals surface area contributed by atoms with Gasteiger partial charge in [0, 0.05) is 33.8 Å². The summed E-state index contributed by atoms with van der Waals surface area (Å²) in [6.07, 6.45) is 2.66. The lowest BCUT2D eigenvalue weighted by Crippen LogP contribution is -2.40. The van der Waals surface area contributed by atoms with Crippen LogP contribution >= 0.6 is 0 Å². The van der Waals surface area contributed by atoms with Gasteiger partial charge in [0.15, 0.2) is 5.96 Å². The maximum Gasteiger partial charge on any atom is 0.193 e. The molecule has 1 saturated carbocycles. The van der Waals surface area contributed by atoms with Gasteiger partial charge in [-0.2, -0.15) is 0 Å². The number of hydrogen-bond acceptors (Lipinski definition) is 3. The van der Waals surface area contributed by atoms with Crippen LogP contribution in [0.4, 0.5) is 0 Å². The molecule has 0 aliphatic heterocycles. The largest absolute Gasteiger partial charge is 0.379 e. The maximum atomic E-state index is 5.87. The number of likely N-dealkylation sites (N-methyl/N-ethyl adjacent to an activating group) is 1. The van der Waals surface area contributed by atoms with Gasteiger partial charge in [0.1, 0.15) is 0 Å². The summed E-state index contributed by atoms with van der Waals surface area (Å²) in [5.41, 5.74) is 2.29. The number of nitrogens with zero attached hydrogens (tertiary/aromatic N) is 2. The minimum absolute atomic E-state index is 0.124.